The number of benzene rings is 3. The van der Waals surface area contributed by atoms with Crippen molar-refractivity contribution in [2.45, 2.75) is 46.3 Å². The molecule has 0 amide bonds. The van der Waals surface area contributed by atoms with Gasteiger partial charge in [0.2, 0.25) is 0 Å². The van der Waals surface area contributed by atoms with Gasteiger partial charge in [0.15, 0.2) is 5.78 Å². The maximum atomic E-state index is 13.0. The molecule has 3 aromatic carbocycles. The number of ketones is 1. The number of carbonyl (C=O) groups excluding carboxylic acids is 1. The van der Waals surface area contributed by atoms with Crippen molar-refractivity contribution < 1.29 is 9.53 Å². The van der Waals surface area contributed by atoms with Gasteiger partial charge in [-0.25, -0.2) is 4.98 Å². The second-order valence-electron chi connectivity index (χ2n) is 11.2. The third-order valence-electron chi connectivity index (χ3n) is 6.91. The standard InChI is InChI=1S/C33H29ClN4O2S/c1-18-14-27-31(29(20-6-9-24(34)10-7-20)28(18)30(19(2)39)40-33(3,4)5)41-32(37-27)22-12-13-35-26(16-22)21-8-11-25-23(15-21)17-36-38-25/h6-17,30H,1-5H3,(H,36,38)/t30-/m1/s1. The van der Waals surface area contributed by atoms with Crippen LogP contribution < -0.4 is 0 Å². The van der Waals surface area contributed by atoms with Crippen LogP contribution >= 0.6 is 22.9 Å². The fraction of sp³-hybridized carbons (Fsp3) is 0.212. The number of nitrogens with zero attached hydrogens (tertiary/aromatic N) is 3. The Morgan fingerprint density at radius 3 is 2.49 bits per heavy atom. The van der Waals surface area contributed by atoms with Gasteiger partial charge < -0.3 is 4.74 Å². The molecule has 1 atom stereocenters. The summed E-state index contributed by atoms with van der Waals surface area (Å²) in [7, 11) is 0. The number of aromatic amines is 1. The molecule has 0 aliphatic rings. The summed E-state index contributed by atoms with van der Waals surface area (Å²) in [4.78, 5) is 22.7. The quantitative estimate of drug-likeness (QED) is 0.213. The van der Waals surface area contributed by atoms with E-state index in [0.717, 1.165) is 65.2 Å². The van der Waals surface area contributed by atoms with Gasteiger partial charge in [-0.2, -0.15) is 5.10 Å². The van der Waals surface area contributed by atoms with Gasteiger partial charge in [-0.1, -0.05) is 29.8 Å². The summed E-state index contributed by atoms with van der Waals surface area (Å²) in [5, 5.41) is 9.67. The van der Waals surface area contributed by atoms with E-state index in [9.17, 15) is 4.79 Å². The molecule has 1 N–H and O–H groups in total. The Bertz CT molecular complexity index is 1920. The van der Waals surface area contributed by atoms with Crippen LogP contribution in [-0.2, 0) is 9.53 Å². The number of halogens is 1. The maximum Gasteiger partial charge on any atom is 0.163 e. The molecule has 0 saturated heterocycles. The van der Waals surface area contributed by atoms with Gasteiger partial charge in [-0.15, -0.1) is 11.3 Å². The Morgan fingerprint density at radius 2 is 1.76 bits per heavy atom. The Labute approximate surface area is 247 Å². The Morgan fingerprint density at radius 1 is 1.00 bits per heavy atom. The number of carbonyl (C=O) groups is 1. The third kappa shape index (κ3) is 5.40. The maximum absolute atomic E-state index is 13.0. The first-order valence-electron chi connectivity index (χ1n) is 13.4. The average molecular weight is 581 g/mol. The van der Waals surface area contributed by atoms with Crippen molar-refractivity contribution in [2.75, 3.05) is 0 Å². The van der Waals surface area contributed by atoms with E-state index in [1.54, 1.807) is 18.3 Å². The van der Waals surface area contributed by atoms with Crippen molar-refractivity contribution in [1.82, 2.24) is 20.2 Å². The van der Waals surface area contributed by atoms with Crippen LogP contribution in [0.2, 0.25) is 5.02 Å². The number of aryl methyl sites for hydroxylation is 1. The zero-order valence-electron chi connectivity index (χ0n) is 23.4. The largest absolute Gasteiger partial charge is 0.360 e. The summed E-state index contributed by atoms with van der Waals surface area (Å²) in [5.41, 5.74) is 7.89. The first kappa shape index (κ1) is 27.3. The van der Waals surface area contributed by atoms with Gasteiger partial charge in [0.05, 0.1) is 33.2 Å². The Hall–Kier alpha value is -3.91. The number of rotatable bonds is 6. The average Bonchev–Trinajstić information content (AvgIpc) is 3.58. The number of Topliss-reactive ketones (excluding diaryl/α,β-unsaturated/α-hetero) is 1. The lowest BCUT2D eigenvalue weighted by molar-refractivity contribution is -0.138. The zero-order chi connectivity index (χ0) is 28.9. The summed E-state index contributed by atoms with van der Waals surface area (Å²) in [5.74, 6) is -0.0457. The second kappa shape index (κ2) is 10.5. The highest BCUT2D eigenvalue weighted by Crippen LogP contribution is 2.44. The smallest absolute Gasteiger partial charge is 0.163 e. The van der Waals surface area contributed by atoms with E-state index in [0.29, 0.717) is 5.02 Å². The van der Waals surface area contributed by atoms with Gasteiger partial charge >= 0.3 is 0 Å². The van der Waals surface area contributed by atoms with Crippen LogP contribution in [0.3, 0.4) is 0 Å². The molecule has 6 nitrogen and oxygen atoms in total. The molecule has 6 rings (SSSR count). The number of hydrogen-bond donors (Lipinski definition) is 1. The minimum atomic E-state index is -0.721. The van der Waals surface area contributed by atoms with E-state index in [-0.39, 0.29) is 5.78 Å². The lowest BCUT2D eigenvalue weighted by atomic mass is 9.90. The zero-order valence-corrected chi connectivity index (χ0v) is 25.0. The third-order valence-corrected chi connectivity index (χ3v) is 8.30. The van der Waals surface area contributed by atoms with Crippen molar-refractivity contribution >= 4 is 49.8 Å². The fourth-order valence-electron chi connectivity index (χ4n) is 5.10. The SMILES string of the molecule is CC(=O)[C@@H](OC(C)(C)C)c1c(C)cc2nc(-c3ccnc(-c4ccc5[nH]ncc5c4)c3)sc2c1-c1ccc(Cl)cc1. The molecular weight excluding hydrogens is 552 g/mol. The number of ether oxygens (including phenoxy) is 1. The molecule has 0 fully saturated rings. The Balaban J connectivity index is 1.54. The van der Waals surface area contributed by atoms with E-state index >= 15 is 0 Å². The van der Waals surface area contributed by atoms with Crippen molar-refractivity contribution in [3.05, 3.63) is 89.2 Å². The molecule has 0 radical (unpaired) electrons. The van der Waals surface area contributed by atoms with Crippen LogP contribution in [0.1, 0.15) is 44.9 Å². The lowest BCUT2D eigenvalue weighted by Gasteiger charge is -2.29. The molecule has 0 aliphatic carbocycles. The molecule has 6 aromatic rings. The number of thiazole rings is 1. The summed E-state index contributed by atoms with van der Waals surface area (Å²) >= 11 is 7.86. The summed E-state index contributed by atoms with van der Waals surface area (Å²) < 4.78 is 7.37. The van der Waals surface area contributed by atoms with Gasteiger partial charge in [0.1, 0.15) is 11.1 Å². The molecular formula is C33H29ClN4O2S. The van der Waals surface area contributed by atoms with E-state index < -0.39 is 11.7 Å². The van der Waals surface area contributed by atoms with Crippen molar-refractivity contribution in [3.63, 3.8) is 0 Å². The summed E-state index contributed by atoms with van der Waals surface area (Å²) in [6.45, 7) is 9.51. The molecule has 0 bridgehead atoms. The van der Waals surface area contributed by atoms with Crippen LogP contribution in [0.25, 0.3) is 54.1 Å². The highest BCUT2D eigenvalue weighted by Gasteiger charge is 2.30. The van der Waals surface area contributed by atoms with Crippen molar-refractivity contribution in [1.29, 1.82) is 0 Å². The van der Waals surface area contributed by atoms with Crippen LogP contribution in [0.15, 0.2) is 73.1 Å². The second-order valence-corrected chi connectivity index (χ2v) is 12.6. The van der Waals surface area contributed by atoms with Gasteiger partial charge in [0, 0.05) is 38.9 Å². The molecule has 8 heteroatoms. The number of aromatic nitrogens is 4. The highest BCUT2D eigenvalue weighted by molar-refractivity contribution is 7.22. The fourth-order valence-corrected chi connectivity index (χ4v) is 6.35. The van der Waals surface area contributed by atoms with E-state index in [4.69, 9.17) is 21.3 Å². The molecule has 3 aromatic heterocycles. The molecule has 41 heavy (non-hydrogen) atoms. The van der Waals surface area contributed by atoms with Crippen LogP contribution in [0, 0.1) is 6.92 Å². The predicted molar refractivity (Wildman–Crippen MR) is 167 cm³/mol. The van der Waals surface area contributed by atoms with Gasteiger partial charge in [0.25, 0.3) is 0 Å². The topological polar surface area (TPSA) is 80.8 Å². The molecule has 0 saturated carbocycles. The van der Waals surface area contributed by atoms with Gasteiger partial charge in [-0.05, 0) is 88.2 Å². The molecule has 3 heterocycles. The number of hydrogen-bond acceptors (Lipinski definition) is 6. The van der Waals surface area contributed by atoms with Crippen LogP contribution in [0.5, 0.6) is 0 Å². The lowest BCUT2D eigenvalue weighted by Crippen LogP contribution is -2.27. The highest BCUT2D eigenvalue weighted by atomic mass is 35.5. The molecule has 0 spiro atoms. The van der Waals surface area contributed by atoms with E-state index in [1.165, 1.54) is 0 Å². The number of fused-ring (bicyclic) bond motifs is 2. The molecule has 206 valence electrons. The number of H-pyrrole nitrogens is 1. The van der Waals surface area contributed by atoms with E-state index in [1.807, 2.05) is 82.6 Å². The first-order valence-corrected chi connectivity index (χ1v) is 14.5. The normalized spacial score (nSPS) is 12.7. The van der Waals surface area contributed by atoms with Crippen molar-refractivity contribution in [3.8, 4) is 33.0 Å². The minimum Gasteiger partial charge on any atom is -0.360 e. The summed E-state index contributed by atoms with van der Waals surface area (Å²) in [6, 6.07) is 20.0. The molecule has 0 unspecified atom stereocenters. The number of nitrogens with one attached hydrogen (secondary N) is 1. The minimum absolute atomic E-state index is 0.0457. The van der Waals surface area contributed by atoms with E-state index in [2.05, 4.69) is 33.4 Å². The monoisotopic (exact) mass is 580 g/mol. The van der Waals surface area contributed by atoms with Crippen LogP contribution in [0.4, 0.5) is 0 Å². The number of pyridine rings is 1. The molecule has 0 aliphatic heterocycles. The predicted octanol–water partition coefficient (Wildman–Crippen LogP) is 8.98. The van der Waals surface area contributed by atoms with Crippen molar-refractivity contribution in [2.24, 2.45) is 0 Å². The Kier molecular flexibility index (Phi) is 6.98. The first-order chi connectivity index (χ1) is 19.6. The van der Waals surface area contributed by atoms with Crippen LogP contribution in [-0.4, -0.2) is 31.5 Å². The summed E-state index contributed by atoms with van der Waals surface area (Å²) in [6.07, 6.45) is 2.91. The van der Waals surface area contributed by atoms with Gasteiger partial charge in [-0.3, -0.25) is 14.9 Å².